The summed E-state index contributed by atoms with van der Waals surface area (Å²) in [6.45, 7) is 1.28. The molecule has 19 heavy (non-hydrogen) atoms. The van der Waals surface area contributed by atoms with Crippen molar-refractivity contribution in [1.82, 2.24) is 4.72 Å². The standard InChI is InChI=1S/C11H17ClN2O4S/c1-17-6-7-18-5-4-14-19(15,16)11-8-9(12)2-3-10(11)13/h2-3,8,14H,4-7,13H2,1H3. The quantitative estimate of drug-likeness (QED) is 0.549. The van der Waals surface area contributed by atoms with E-state index in [0.29, 0.717) is 18.2 Å². The van der Waals surface area contributed by atoms with Gasteiger partial charge in [0, 0.05) is 18.7 Å². The Morgan fingerprint density at radius 3 is 2.74 bits per heavy atom. The number of anilines is 1. The van der Waals surface area contributed by atoms with E-state index in [2.05, 4.69) is 4.72 Å². The predicted molar refractivity (Wildman–Crippen MR) is 73.7 cm³/mol. The van der Waals surface area contributed by atoms with E-state index < -0.39 is 10.0 Å². The van der Waals surface area contributed by atoms with Gasteiger partial charge in [-0.1, -0.05) is 11.6 Å². The number of hydrogen-bond acceptors (Lipinski definition) is 5. The minimum Gasteiger partial charge on any atom is -0.398 e. The first-order valence-corrected chi connectivity index (χ1v) is 7.45. The van der Waals surface area contributed by atoms with Crippen LogP contribution in [0.2, 0.25) is 5.02 Å². The van der Waals surface area contributed by atoms with E-state index >= 15 is 0 Å². The Morgan fingerprint density at radius 2 is 2.05 bits per heavy atom. The first kappa shape index (κ1) is 16.2. The highest BCUT2D eigenvalue weighted by molar-refractivity contribution is 7.89. The van der Waals surface area contributed by atoms with Gasteiger partial charge in [-0.25, -0.2) is 13.1 Å². The van der Waals surface area contributed by atoms with Crippen molar-refractivity contribution >= 4 is 27.3 Å². The molecule has 0 saturated carbocycles. The lowest BCUT2D eigenvalue weighted by atomic mass is 10.3. The van der Waals surface area contributed by atoms with Crippen LogP contribution in [-0.4, -0.2) is 41.9 Å². The van der Waals surface area contributed by atoms with E-state index in [1.165, 1.54) is 18.2 Å². The molecule has 0 fully saturated rings. The van der Waals surface area contributed by atoms with E-state index in [1.54, 1.807) is 7.11 Å². The summed E-state index contributed by atoms with van der Waals surface area (Å²) in [7, 11) is -2.11. The number of nitrogens with two attached hydrogens (primary N) is 1. The number of hydrogen-bond donors (Lipinski definition) is 2. The number of ether oxygens (including phenoxy) is 2. The van der Waals surface area contributed by atoms with Gasteiger partial charge in [0.2, 0.25) is 10.0 Å². The van der Waals surface area contributed by atoms with Crippen LogP contribution in [0.3, 0.4) is 0 Å². The zero-order valence-electron chi connectivity index (χ0n) is 10.6. The molecule has 1 aromatic rings. The van der Waals surface area contributed by atoms with Crippen molar-refractivity contribution in [3.05, 3.63) is 23.2 Å². The van der Waals surface area contributed by atoms with E-state index in [4.69, 9.17) is 26.8 Å². The fourth-order valence-electron chi connectivity index (χ4n) is 1.31. The van der Waals surface area contributed by atoms with Crippen LogP contribution in [0.4, 0.5) is 5.69 Å². The molecule has 6 nitrogen and oxygen atoms in total. The van der Waals surface area contributed by atoms with Crippen molar-refractivity contribution in [2.75, 3.05) is 39.2 Å². The first-order chi connectivity index (χ1) is 8.97. The van der Waals surface area contributed by atoms with Crippen LogP contribution in [0.5, 0.6) is 0 Å². The highest BCUT2D eigenvalue weighted by Crippen LogP contribution is 2.22. The number of methoxy groups -OCH3 is 1. The summed E-state index contributed by atoms with van der Waals surface area (Å²) in [6, 6.07) is 4.29. The zero-order valence-corrected chi connectivity index (χ0v) is 12.1. The van der Waals surface area contributed by atoms with Gasteiger partial charge in [0.05, 0.1) is 25.5 Å². The molecule has 0 spiro atoms. The Kier molecular flexibility index (Phi) is 6.53. The Bertz CT molecular complexity index is 507. The Labute approximate surface area is 117 Å². The molecule has 0 amide bonds. The summed E-state index contributed by atoms with van der Waals surface area (Å²) >= 11 is 5.76. The number of nitrogen functional groups attached to an aromatic ring is 1. The molecule has 0 aliphatic rings. The maximum Gasteiger partial charge on any atom is 0.242 e. The minimum atomic E-state index is -3.68. The zero-order chi connectivity index (χ0) is 14.3. The predicted octanol–water partition coefficient (Wildman–Crippen LogP) is 0.864. The first-order valence-electron chi connectivity index (χ1n) is 5.59. The summed E-state index contributed by atoms with van der Waals surface area (Å²) in [5.41, 5.74) is 5.77. The summed E-state index contributed by atoms with van der Waals surface area (Å²) in [5, 5.41) is 0.311. The second-order valence-electron chi connectivity index (χ2n) is 3.69. The topological polar surface area (TPSA) is 90.6 Å². The maximum atomic E-state index is 12.0. The summed E-state index contributed by atoms with van der Waals surface area (Å²) in [5.74, 6) is 0. The summed E-state index contributed by atoms with van der Waals surface area (Å²) in [6.07, 6.45) is 0. The van der Waals surface area contributed by atoms with Crippen molar-refractivity contribution in [3.8, 4) is 0 Å². The molecule has 0 unspecified atom stereocenters. The number of nitrogens with one attached hydrogen (secondary N) is 1. The Hall–Kier alpha value is -0.860. The van der Waals surface area contributed by atoms with Crippen molar-refractivity contribution in [1.29, 1.82) is 0 Å². The molecule has 1 rings (SSSR count). The lowest BCUT2D eigenvalue weighted by molar-refractivity contribution is 0.0736. The molecule has 0 aliphatic carbocycles. The molecule has 0 radical (unpaired) electrons. The maximum absolute atomic E-state index is 12.0. The summed E-state index contributed by atoms with van der Waals surface area (Å²) in [4.78, 5) is -0.0307. The largest absolute Gasteiger partial charge is 0.398 e. The van der Waals surface area contributed by atoms with Crippen LogP contribution in [0, 0.1) is 0 Å². The van der Waals surface area contributed by atoms with Crippen LogP contribution in [0.25, 0.3) is 0 Å². The van der Waals surface area contributed by atoms with Gasteiger partial charge in [-0.05, 0) is 18.2 Å². The van der Waals surface area contributed by atoms with Gasteiger partial charge in [-0.15, -0.1) is 0 Å². The van der Waals surface area contributed by atoms with Crippen molar-refractivity contribution in [3.63, 3.8) is 0 Å². The molecule has 108 valence electrons. The molecule has 0 heterocycles. The molecular weight excluding hydrogens is 292 g/mol. The van der Waals surface area contributed by atoms with Gasteiger partial charge in [-0.2, -0.15) is 0 Å². The van der Waals surface area contributed by atoms with Gasteiger partial charge >= 0.3 is 0 Å². The minimum absolute atomic E-state index is 0.0307. The Morgan fingerprint density at radius 1 is 1.32 bits per heavy atom. The third-order valence-corrected chi connectivity index (χ3v) is 3.99. The highest BCUT2D eigenvalue weighted by atomic mass is 35.5. The van der Waals surface area contributed by atoms with Crippen LogP contribution in [0.15, 0.2) is 23.1 Å². The lowest BCUT2D eigenvalue weighted by Crippen LogP contribution is -2.28. The molecule has 0 saturated heterocycles. The van der Waals surface area contributed by atoms with Crippen LogP contribution >= 0.6 is 11.6 Å². The van der Waals surface area contributed by atoms with Crippen molar-refractivity contribution in [2.24, 2.45) is 0 Å². The van der Waals surface area contributed by atoms with Crippen LogP contribution in [-0.2, 0) is 19.5 Å². The molecule has 0 atom stereocenters. The molecular formula is C11H17ClN2O4S. The van der Waals surface area contributed by atoms with Crippen molar-refractivity contribution in [2.45, 2.75) is 4.90 Å². The summed E-state index contributed by atoms with van der Waals surface area (Å²) < 4.78 is 36.3. The third-order valence-electron chi connectivity index (χ3n) is 2.24. The second-order valence-corrected chi connectivity index (χ2v) is 5.86. The normalized spacial score (nSPS) is 11.7. The molecule has 0 aromatic heterocycles. The molecule has 3 N–H and O–H groups in total. The molecule has 0 aliphatic heterocycles. The average molecular weight is 309 g/mol. The number of rotatable bonds is 8. The van der Waals surface area contributed by atoms with E-state index in [9.17, 15) is 8.42 Å². The SMILES string of the molecule is COCCOCCNS(=O)(=O)c1cc(Cl)ccc1N. The van der Waals surface area contributed by atoms with Gasteiger partial charge in [-0.3, -0.25) is 0 Å². The fraction of sp³-hybridized carbons (Fsp3) is 0.455. The van der Waals surface area contributed by atoms with Gasteiger partial charge in [0.1, 0.15) is 4.90 Å². The molecule has 0 bridgehead atoms. The number of benzene rings is 1. The average Bonchev–Trinajstić information content (AvgIpc) is 2.36. The molecule has 1 aromatic carbocycles. The van der Waals surface area contributed by atoms with E-state index in [0.717, 1.165) is 0 Å². The van der Waals surface area contributed by atoms with Crippen LogP contribution < -0.4 is 10.5 Å². The van der Waals surface area contributed by atoms with E-state index in [1.807, 2.05) is 0 Å². The van der Waals surface area contributed by atoms with Gasteiger partial charge in [0.25, 0.3) is 0 Å². The second kappa shape index (κ2) is 7.66. The fourth-order valence-corrected chi connectivity index (χ4v) is 2.72. The smallest absolute Gasteiger partial charge is 0.242 e. The highest BCUT2D eigenvalue weighted by Gasteiger charge is 2.17. The Balaban J connectivity index is 2.54. The monoisotopic (exact) mass is 308 g/mol. The van der Waals surface area contributed by atoms with Gasteiger partial charge in [0.15, 0.2) is 0 Å². The lowest BCUT2D eigenvalue weighted by Gasteiger charge is -2.09. The molecule has 8 heteroatoms. The third kappa shape index (κ3) is 5.33. The van der Waals surface area contributed by atoms with Gasteiger partial charge < -0.3 is 15.2 Å². The van der Waals surface area contributed by atoms with E-state index in [-0.39, 0.29) is 23.7 Å². The van der Waals surface area contributed by atoms with Crippen LogP contribution in [0.1, 0.15) is 0 Å². The number of halogens is 1. The number of sulfonamides is 1. The van der Waals surface area contributed by atoms with Crippen molar-refractivity contribution < 1.29 is 17.9 Å².